The van der Waals surface area contributed by atoms with E-state index >= 15 is 0 Å². The standard InChI is InChI=1S/C6H8O4.Rh/c1-5(8)2-3-6(9)10-4-7;/h4H,2-3H2,1H3;. The molecule has 0 rings (SSSR count). The summed E-state index contributed by atoms with van der Waals surface area (Å²) >= 11 is 0. The molecule has 0 aromatic rings. The Morgan fingerprint density at radius 3 is 2.27 bits per heavy atom. The van der Waals surface area contributed by atoms with Crippen LogP contribution < -0.4 is 0 Å². The summed E-state index contributed by atoms with van der Waals surface area (Å²) in [6.07, 6.45) is 0.112. The van der Waals surface area contributed by atoms with Crippen LogP contribution in [0.3, 0.4) is 0 Å². The smallest absolute Gasteiger partial charge is 0.313 e. The summed E-state index contributed by atoms with van der Waals surface area (Å²) < 4.78 is 3.92. The van der Waals surface area contributed by atoms with E-state index in [1.165, 1.54) is 6.92 Å². The van der Waals surface area contributed by atoms with E-state index in [1.54, 1.807) is 0 Å². The predicted octanol–water partition coefficient (Wildman–Crippen LogP) is 0.0527. The maximum Gasteiger partial charge on any atom is 0.313 e. The molecular weight excluding hydrogens is 239 g/mol. The van der Waals surface area contributed by atoms with Crippen molar-refractivity contribution in [1.82, 2.24) is 0 Å². The third kappa shape index (κ3) is 9.43. The fraction of sp³-hybridized carbons (Fsp3) is 0.500. The summed E-state index contributed by atoms with van der Waals surface area (Å²) in [6, 6.07) is 0. The summed E-state index contributed by atoms with van der Waals surface area (Å²) in [6.45, 7) is 1.43. The number of carbonyl (C=O) groups excluding carboxylic acids is 3. The topological polar surface area (TPSA) is 60.4 Å². The van der Waals surface area contributed by atoms with Gasteiger partial charge in [-0.05, 0) is 6.92 Å². The van der Waals surface area contributed by atoms with E-state index in [9.17, 15) is 14.4 Å². The maximum absolute atomic E-state index is 10.3. The summed E-state index contributed by atoms with van der Waals surface area (Å²) in [5.41, 5.74) is 0. The fourth-order valence-electron chi connectivity index (χ4n) is 0.391. The average molecular weight is 247 g/mol. The van der Waals surface area contributed by atoms with Crippen molar-refractivity contribution in [2.45, 2.75) is 19.8 Å². The monoisotopic (exact) mass is 247 g/mol. The molecule has 0 saturated heterocycles. The molecule has 0 bridgehead atoms. The van der Waals surface area contributed by atoms with E-state index in [1.807, 2.05) is 0 Å². The Hall–Kier alpha value is -0.567. The van der Waals surface area contributed by atoms with Crippen molar-refractivity contribution in [3.8, 4) is 0 Å². The van der Waals surface area contributed by atoms with Crippen LogP contribution in [-0.4, -0.2) is 18.2 Å². The van der Waals surface area contributed by atoms with Crippen LogP contribution in [0.25, 0.3) is 0 Å². The third-order valence-electron chi connectivity index (χ3n) is 0.861. The van der Waals surface area contributed by atoms with Gasteiger partial charge in [-0.25, -0.2) is 0 Å². The predicted molar refractivity (Wildman–Crippen MR) is 32.1 cm³/mol. The van der Waals surface area contributed by atoms with Gasteiger partial charge in [0, 0.05) is 25.9 Å². The Balaban J connectivity index is 0. The average Bonchev–Trinajstić information content (AvgIpc) is 1.85. The van der Waals surface area contributed by atoms with Crippen molar-refractivity contribution in [3.05, 3.63) is 0 Å². The van der Waals surface area contributed by atoms with E-state index in [0.29, 0.717) is 0 Å². The van der Waals surface area contributed by atoms with Gasteiger partial charge in [0.1, 0.15) is 5.78 Å². The number of esters is 1. The van der Waals surface area contributed by atoms with Gasteiger partial charge < -0.3 is 9.53 Å². The van der Waals surface area contributed by atoms with Crippen molar-refractivity contribution in [2.75, 3.05) is 0 Å². The van der Waals surface area contributed by atoms with Gasteiger partial charge in [-0.15, -0.1) is 0 Å². The first-order valence-electron chi connectivity index (χ1n) is 2.79. The van der Waals surface area contributed by atoms with Crippen LogP contribution in [0.5, 0.6) is 0 Å². The Kier molecular flexibility index (Phi) is 8.95. The zero-order chi connectivity index (χ0) is 7.98. The van der Waals surface area contributed by atoms with Crippen LogP contribution in [0.4, 0.5) is 0 Å². The molecule has 0 spiro atoms. The Labute approximate surface area is 77.0 Å². The molecule has 0 atom stereocenters. The summed E-state index contributed by atoms with van der Waals surface area (Å²) in [5, 5.41) is 0. The fourth-order valence-corrected chi connectivity index (χ4v) is 0.391. The first kappa shape index (κ1) is 13.1. The minimum Gasteiger partial charge on any atom is -0.395 e. The molecule has 0 unspecified atom stereocenters. The Morgan fingerprint density at radius 2 is 1.91 bits per heavy atom. The molecule has 0 aromatic heterocycles. The molecule has 11 heavy (non-hydrogen) atoms. The second-order valence-corrected chi connectivity index (χ2v) is 1.79. The van der Waals surface area contributed by atoms with Crippen LogP contribution in [0.1, 0.15) is 19.8 Å². The largest absolute Gasteiger partial charge is 0.395 e. The number of hydrogen-bond donors (Lipinski definition) is 0. The van der Waals surface area contributed by atoms with Gasteiger partial charge in [0.15, 0.2) is 0 Å². The molecule has 0 heterocycles. The molecule has 65 valence electrons. The van der Waals surface area contributed by atoms with Gasteiger partial charge in [-0.1, -0.05) is 0 Å². The molecule has 4 nitrogen and oxygen atoms in total. The van der Waals surface area contributed by atoms with Gasteiger partial charge in [0.2, 0.25) is 0 Å². The SMILES string of the molecule is CC(=O)CCC(=O)OC=O.[Rh]. The van der Waals surface area contributed by atoms with Crippen LogP contribution in [0, 0.1) is 0 Å². The molecule has 0 aliphatic carbocycles. The van der Waals surface area contributed by atoms with E-state index in [-0.39, 0.29) is 44.6 Å². The third-order valence-corrected chi connectivity index (χ3v) is 0.861. The number of carbonyl (C=O) groups is 3. The van der Waals surface area contributed by atoms with Crippen molar-refractivity contribution < 1.29 is 38.6 Å². The second-order valence-electron chi connectivity index (χ2n) is 1.79. The van der Waals surface area contributed by atoms with E-state index in [0.717, 1.165) is 0 Å². The van der Waals surface area contributed by atoms with Gasteiger partial charge in [-0.3, -0.25) is 9.59 Å². The van der Waals surface area contributed by atoms with E-state index in [2.05, 4.69) is 4.74 Å². The first-order valence-corrected chi connectivity index (χ1v) is 2.79. The van der Waals surface area contributed by atoms with Gasteiger partial charge in [0.05, 0.1) is 6.42 Å². The molecule has 0 fully saturated rings. The minimum absolute atomic E-state index is 0. The van der Waals surface area contributed by atoms with Gasteiger partial charge in [-0.2, -0.15) is 0 Å². The normalized spacial score (nSPS) is 7.73. The number of ketones is 1. The van der Waals surface area contributed by atoms with Crippen molar-refractivity contribution in [2.24, 2.45) is 0 Å². The van der Waals surface area contributed by atoms with Crippen LogP contribution in [0.15, 0.2) is 0 Å². The zero-order valence-corrected chi connectivity index (χ0v) is 7.60. The number of rotatable bonds is 4. The van der Waals surface area contributed by atoms with Crippen LogP contribution >= 0.6 is 0 Å². The molecule has 0 aromatic carbocycles. The van der Waals surface area contributed by atoms with E-state index < -0.39 is 5.97 Å². The molecule has 0 saturated carbocycles. The zero-order valence-electron chi connectivity index (χ0n) is 5.96. The summed E-state index contributed by atoms with van der Waals surface area (Å²) in [5.74, 6) is -0.756. The number of Topliss-reactive ketones (excluding diaryl/α,β-unsaturated/α-hetero) is 1. The molecule has 0 aliphatic rings. The van der Waals surface area contributed by atoms with Crippen molar-refractivity contribution in [3.63, 3.8) is 0 Å². The molecule has 1 radical (unpaired) electrons. The number of hydrogen-bond acceptors (Lipinski definition) is 4. The first-order chi connectivity index (χ1) is 4.66. The molecule has 5 heteroatoms. The molecule has 0 aliphatic heterocycles. The Morgan fingerprint density at radius 1 is 1.36 bits per heavy atom. The van der Waals surface area contributed by atoms with Gasteiger partial charge in [0.25, 0.3) is 0 Å². The minimum atomic E-state index is -0.662. The van der Waals surface area contributed by atoms with Crippen molar-refractivity contribution >= 4 is 18.2 Å². The Bertz CT molecular complexity index is 155. The molecule has 0 N–H and O–H groups in total. The van der Waals surface area contributed by atoms with Crippen LogP contribution in [0.2, 0.25) is 0 Å². The molecular formula is C6H8O4Rh. The van der Waals surface area contributed by atoms with Crippen LogP contribution in [-0.2, 0) is 38.6 Å². The van der Waals surface area contributed by atoms with E-state index in [4.69, 9.17) is 0 Å². The summed E-state index contributed by atoms with van der Waals surface area (Å²) in [4.78, 5) is 30.1. The number of ether oxygens (including phenoxy) is 1. The molecule has 0 amide bonds. The van der Waals surface area contributed by atoms with Gasteiger partial charge >= 0.3 is 12.4 Å². The maximum atomic E-state index is 10.3. The van der Waals surface area contributed by atoms with Crippen molar-refractivity contribution in [1.29, 1.82) is 0 Å². The summed E-state index contributed by atoms with van der Waals surface area (Å²) in [7, 11) is 0. The quantitative estimate of drug-likeness (QED) is 0.305. The second kappa shape index (κ2) is 7.54.